The summed E-state index contributed by atoms with van der Waals surface area (Å²) in [5, 5.41) is 5.72. The second-order valence-electron chi connectivity index (χ2n) is 6.32. The van der Waals surface area contributed by atoms with Gasteiger partial charge in [0.05, 0.1) is 6.54 Å². The predicted molar refractivity (Wildman–Crippen MR) is 85.1 cm³/mol. The zero-order chi connectivity index (χ0) is 15.1. The Morgan fingerprint density at radius 1 is 1.14 bits per heavy atom. The molecule has 2 saturated heterocycles. The molecule has 0 aliphatic carbocycles. The molecule has 2 amide bonds. The van der Waals surface area contributed by atoms with Crippen LogP contribution in [0.3, 0.4) is 0 Å². The normalized spacial score (nSPS) is 23.2. The predicted octanol–water partition coefficient (Wildman–Crippen LogP) is 0.869. The molecule has 2 aliphatic heterocycles. The largest absolute Gasteiger partial charge is 0.336 e. The third-order valence-electron chi connectivity index (χ3n) is 4.87. The van der Waals surface area contributed by atoms with Crippen molar-refractivity contribution >= 4 is 6.03 Å². The van der Waals surface area contributed by atoms with Crippen molar-refractivity contribution in [3.63, 3.8) is 0 Å². The number of carbonyl (C=O) groups excluding carboxylic acids is 1. The van der Waals surface area contributed by atoms with Crippen molar-refractivity contribution in [3.05, 3.63) is 0 Å². The molecule has 0 aromatic heterocycles. The number of carbonyl (C=O) groups is 1. The number of piperidine rings is 2. The van der Waals surface area contributed by atoms with E-state index in [4.69, 9.17) is 6.42 Å². The molecule has 0 bridgehead atoms. The Morgan fingerprint density at radius 2 is 1.81 bits per heavy atom. The van der Waals surface area contributed by atoms with E-state index in [2.05, 4.69) is 33.4 Å². The van der Waals surface area contributed by atoms with Crippen LogP contribution in [0.2, 0.25) is 0 Å². The lowest BCUT2D eigenvalue weighted by Gasteiger charge is -2.50. The van der Waals surface area contributed by atoms with Gasteiger partial charge in [-0.25, -0.2) is 4.79 Å². The number of hydrogen-bond acceptors (Lipinski definition) is 3. The highest BCUT2D eigenvalue weighted by atomic mass is 16.2. The summed E-state index contributed by atoms with van der Waals surface area (Å²) >= 11 is 0. The van der Waals surface area contributed by atoms with Gasteiger partial charge in [0, 0.05) is 12.1 Å². The summed E-state index contributed by atoms with van der Waals surface area (Å²) in [6.07, 6.45) is 11.3. The number of hydrogen-bond donors (Lipinski definition) is 2. The molecule has 0 aromatic carbocycles. The van der Waals surface area contributed by atoms with Crippen LogP contribution in [-0.2, 0) is 0 Å². The lowest BCUT2D eigenvalue weighted by Crippen LogP contribution is -2.62. The monoisotopic (exact) mass is 292 g/mol. The minimum absolute atomic E-state index is 0.125. The van der Waals surface area contributed by atoms with E-state index in [1.807, 2.05) is 0 Å². The summed E-state index contributed by atoms with van der Waals surface area (Å²) in [7, 11) is 2.17. The Bertz CT molecular complexity index is 376. The van der Waals surface area contributed by atoms with Gasteiger partial charge in [-0.15, -0.1) is 6.42 Å². The Hall–Kier alpha value is -1.25. The quantitative estimate of drug-likeness (QED) is 0.756. The highest BCUT2D eigenvalue weighted by molar-refractivity contribution is 5.74. The second-order valence-corrected chi connectivity index (χ2v) is 6.32. The second kappa shape index (κ2) is 7.67. The number of nitrogens with one attached hydrogen (secondary N) is 2. The Kier molecular flexibility index (Phi) is 5.89. The molecular weight excluding hydrogens is 264 g/mol. The number of nitrogens with zero attached hydrogens (tertiary/aromatic N) is 2. The molecule has 0 saturated carbocycles. The zero-order valence-corrected chi connectivity index (χ0v) is 13.2. The molecular formula is C16H28N4O. The zero-order valence-electron chi connectivity index (χ0n) is 13.2. The average Bonchev–Trinajstić information content (AvgIpc) is 2.53. The van der Waals surface area contributed by atoms with Gasteiger partial charge in [0.25, 0.3) is 0 Å². The Labute approximate surface area is 128 Å². The molecule has 2 aliphatic rings. The Balaban J connectivity index is 1.95. The fourth-order valence-corrected chi connectivity index (χ4v) is 3.45. The summed E-state index contributed by atoms with van der Waals surface area (Å²) < 4.78 is 0. The first-order valence-electron chi connectivity index (χ1n) is 8.05. The number of likely N-dealkylation sites (tertiary alicyclic amines) is 2. The van der Waals surface area contributed by atoms with Crippen molar-refractivity contribution in [2.45, 2.75) is 37.6 Å². The maximum Gasteiger partial charge on any atom is 0.315 e. The molecule has 118 valence electrons. The first-order chi connectivity index (χ1) is 10.2. The molecule has 0 radical (unpaired) electrons. The van der Waals surface area contributed by atoms with Gasteiger partial charge in [-0.1, -0.05) is 12.3 Å². The number of terminal acetylenes is 1. The third-order valence-corrected chi connectivity index (χ3v) is 4.87. The average molecular weight is 292 g/mol. The van der Waals surface area contributed by atoms with Gasteiger partial charge >= 0.3 is 6.03 Å². The van der Waals surface area contributed by atoms with Crippen LogP contribution < -0.4 is 10.6 Å². The minimum Gasteiger partial charge on any atom is -0.336 e. The maximum atomic E-state index is 11.8. The molecule has 2 N–H and O–H groups in total. The first-order valence-corrected chi connectivity index (χ1v) is 8.05. The summed E-state index contributed by atoms with van der Waals surface area (Å²) in [4.78, 5) is 16.8. The van der Waals surface area contributed by atoms with E-state index in [1.54, 1.807) is 0 Å². The molecule has 5 heteroatoms. The van der Waals surface area contributed by atoms with E-state index in [0.29, 0.717) is 0 Å². The summed E-state index contributed by atoms with van der Waals surface area (Å²) in [5.74, 6) is 2.43. The SMILES string of the molecule is C#CCNC(=O)NCC1(N2CCCCC2)CCN(C)CC1. The maximum absolute atomic E-state index is 11.8. The van der Waals surface area contributed by atoms with E-state index >= 15 is 0 Å². The Morgan fingerprint density at radius 3 is 2.43 bits per heavy atom. The molecule has 0 atom stereocenters. The standard InChI is InChI=1S/C16H28N4O/c1-3-9-17-15(21)18-14-16(7-12-19(2)13-8-16)20-10-5-4-6-11-20/h1H,4-14H2,2H3,(H2,17,18,21). The first kappa shape index (κ1) is 16.1. The van der Waals surface area contributed by atoms with Crippen molar-refractivity contribution in [1.82, 2.24) is 20.4 Å². The van der Waals surface area contributed by atoms with Gasteiger partial charge in [0.1, 0.15) is 0 Å². The fraction of sp³-hybridized carbons (Fsp3) is 0.812. The van der Waals surface area contributed by atoms with Gasteiger partial charge in [0.2, 0.25) is 0 Å². The van der Waals surface area contributed by atoms with Crippen LogP contribution in [0.15, 0.2) is 0 Å². The highest BCUT2D eigenvalue weighted by Gasteiger charge is 2.39. The van der Waals surface area contributed by atoms with Crippen molar-refractivity contribution < 1.29 is 4.79 Å². The van der Waals surface area contributed by atoms with Crippen LogP contribution >= 0.6 is 0 Å². The van der Waals surface area contributed by atoms with Crippen LogP contribution in [0, 0.1) is 12.3 Å². The van der Waals surface area contributed by atoms with Crippen LogP contribution in [0.4, 0.5) is 4.79 Å². The summed E-state index contributed by atoms with van der Waals surface area (Å²) in [5.41, 5.74) is 0.125. The van der Waals surface area contributed by atoms with Crippen LogP contribution in [-0.4, -0.2) is 67.7 Å². The molecule has 21 heavy (non-hydrogen) atoms. The molecule has 2 rings (SSSR count). The van der Waals surface area contributed by atoms with Crippen molar-refractivity contribution in [3.8, 4) is 12.3 Å². The molecule has 5 nitrogen and oxygen atoms in total. The van der Waals surface area contributed by atoms with Gasteiger partial charge in [0.15, 0.2) is 0 Å². The number of urea groups is 1. The topological polar surface area (TPSA) is 47.6 Å². The van der Waals surface area contributed by atoms with E-state index in [9.17, 15) is 4.79 Å². The summed E-state index contributed by atoms with van der Waals surface area (Å²) in [6, 6.07) is -0.150. The van der Waals surface area contributed by atoms with Crippen LogP contribution in [0.1, 0.15) is 32.1 Å². The molecule has 0 unspecified atom stereocenters. The fourth-order valence-electron chi connectivity index (χ4n) is 3.45. The van der Waals surface area contributed by atoms with Gasteiger partial charge in [-0.2, -0.15) is 0 Å². The molecule has 0 spiro atoms. The minimum atomic E-state index is -0.150. The smallest absolute Gasteiger partial charge is 0.315 e. The lowest BCUT2D eigenvalue weighted by atomic mass is 9.84. The molecule has 2 fully saturated rings. The third kappa shape index (κ3) is 4.36. The van der Waals surface area contributed by atoms with Gasteiger partial charge in [-0.05, 0) is 58.9 Å². The van der Waals surface area contributed by atoms with Crippen molar-refractivity contribution in [2.24, 2.45) is 0 Å². The van der Waals surface area contributed by atoms with Crippen molar-refractivity contribution in [2.75, 3.05) is 46.3 Å². The van der Waals surface area contributed by atoms with E-state index in [-0.39, 0.29) is 18.1 Å². The lowest BCUT2D eigenvalue weighted by molar-refractivity contribution is 0.0162. The van der Waals surface area contributed by atoms with E-state index in [0.717, 1.165) is 45.6 Å². The van der Waals surface area contributed by atoms with Crippen LogP contribution in [0.25, 0.3) is 0 Å². The molecule has 0 aromatic rings. The number of rotatable bonds is 4. The summed E-state index contributed by atoms with van der Waals surface area (Å²) in [6.45, 7) is 5.53. The van der Waals surface area contributed by atoms with Crippen molar-refractivity contribution in [1.29, 1.82) is 0 Å². The highest BCUT2D eigenvalue weighted by Crippen LogP contribution is 2.30. The van der Waals surface area contributed by atoms with E-state index in [1.165, 1.54) is 19.3 Å². The molecule has 2 heterocycles. The van der Waals surface area contributed by atoms with Gasteiger partial charge in [-0.3, -0.25) is 4.90 Å². The number of amides is 2. The van der Waals surface area contributed by atoms with Gasteiger partial charge < -0.3 is 15.5 Å². The van der Waals surface area contributed by atoms with Crippen LogP contribution in [0.5, 0.6) is 0 Å². The van der Waals surface area contributed by atoms with E-state index < -0.39 is 0 Å².